The number of hydrogen-bond donors (Lipinski definition) is 1. The fraction of sp³-hybridized carbons (Fsp3) is 0.316. The van der Waals surface area contributed by atoms with Crippen LogP contribution in [0.1, 0.15) is 48.7 Å². The molecular formula is C19H23NO2. The predicted octanol–water partition coefficient (Wildman–Crippen LogP) is 4.36. The smallest absolute Gasteiger partial charge is 0.255 e. The molecule has 0 aliphatic rings. The maximum Gasteiger partial charge on any atom is 0.255 e. The lowest BCUT2D eigenvalue weighted by Gasteiger charge is -2.19. The average Bonchev–Trinajstić information content (AvgIpc) is 2.56. The molecule has 0 saturated heterocycles. The summed E-state index contributed by atoms with van der Waals surface area (Å²) in [5, 5.41) is 3.13. The van der Waals surface area contributed by atoms with Gasteiger partial charge in [0.2, 0.25) is 0 Å². The summed E-state index contributed by atoms with van der Waals surface area (Å²) in [7, 11) is 0. The Kier molecular flexibility index (Phi) is 6.01. The Morgan fingerprint density at radius 2 is 1.73 bits per heavy atom. The summed E-state index contributed by atoms with van der Waals surface area (Å²) in [6.07, 6.45) is 1.92. The number of carbonyl (C=O) groups excluding carboxylic acids is 1. The van der Waals surface area contributed by atoms with Gasteiger partial charge in [-0.15, -0.1) is 0 Å². The van der Waals surface area contributed by atoms with Crippen molar-refractivity contribution in [2.45, 2.75) is 32.7 Å². The van der Waals surface area contributed by atoms with Gasteiger partial charge >= 0.3 is 0 Å². The monoisotopic (exact) mass is 297 g/mol. The van der Waals surface area contributed by atoms with Gasteiger partial charge in [0, 0.05) is 0 Å². The summed E-state index contributed by atoms with van der Waals surface area (Å²) in [6.45, 7) is 4.58. The highest BCUT2D eigenvalue weighted by Crippen LogP contribution is 2.22. The molecule has 22 heavy (non-hydrogen) atoms. The van der Waals surface area contributed by atoms with Gasteiger partial charge in [-0.05, 0) is 31.0 Å². The van der Waals surface area contributed by atoms with Crippen molar-refractivity contribution in [3.8, 4) is 5.75 Å². The van der Waals surface area contributed by atoms with E-state index >= 15 is 0 Å². The van der Waals surface area contributed by atoms with E-state index in [1.165, 1.54) is 0 Å². The van der Waals surface area contributed by atoms with Crippen LogP contribution < -0.4 is 10.1 Å². The number of benzene rings is 2. The van der Waals surface area contributed by atoms with Gasteiger partial charge in [-0.1, -0.05) is 55.8 Å². The van der Waals surface area contributed by atoms with E-state index in [0.29, 0.717) is 17.9 Å². The standard InChI is InChI=1S/C19H23NO2/c1-3-10-17(15-11-6-5-7-12-15)20-19(21)16-13-8-9-14-18(16)22-4-2/h5-9,11-14,17H,3-4,10H2,1-2H3,(H,20,21). The van der Waals surface area contributed by atoms with E-state index in [-0.39, 0.29) is 11.9 Å². The Morgan fingerprint density at radius 3 is 2.41 bits per heavy atom. The Morgan fingerprint density at radius 1 is 1.05 bits per heavy atom. The van der Waals surface area contributed by atoms with Crippen molar-refractivity contribution in [1.29, 1.82) is 0 Å². The van der Waals surface area contributed by atoms with Crippen LogP contribution >= 0.6 is 0 Å². The van der Waals surface area contributed by atoms with Crippen LogP contribution in [0.25, 0.3) is 0 Å². The Labute approximate surface area is 132 Å². The Bertz CT molecular complexity index is 595. The molecule has 2 aromatic carbocycles. The van der Waals surface area contributed by atoms with Crippen molar-refractivity contribution in [1.82, 2.24) is 5.32 Å². The molecule has 0 radical (unpaired) electrons. The highest BCUT2D eigenvalue weighted by Gasteiger charge is 2.17. The molecule has 0 fully saturated rings. The van der Waals surface area contributed by atoms with Gasteiger partial charge in [0.1, 0.15) is 5.75 Å². The molecular weight excluding hydrogens is 274 g/mol. The van der Waals surface area contributed by atoms with Crippen LogP contribution in [0.2, 0.25) is 0 Å². The van der Waals surface area contributed by atoms with Crippen molar-refractivity contribution < 1.29 is 9.53 Å². The van der Waals surface area contributed by atoms with Crippen LogP contribution in [0.15, 0.2) is 54.6 Å². The molecule has 0 aliphatic heterocycles. The number of carbonyl (C=O) groups is 1. The van der Waals surface area contributed by atoms with Crippen molar-refractivity contribution in [3.05, 3.63) is 65.7 Å². The quantitative estimate of drug-likeness (QED) is 0.824. The molecule has 0 heterocycles. The lowest BCUT2D eigenvalue weighted by Crippen LogP contribution is -2.28. The summed E-state index contributed by atoms with van der Waals surface area (Å²) in [5.74, 6) is 0.539. The molecule has 0 spiro atoms. The minimum atomic E-state index is -0.0913. The minimum absolute atomic E-state index is 0.0217. The second-order valence-electron chi connectivity index (χ2n) is 5.15. The average molecular weight is 297 g/mol. The number of rotatable bonds is 7. The summed E-state index contributed by atoms with van der Waals surface area (Å²) in [5.41, 5.74) is 1.72. The van der Waals surface area contributed by atoms with Gasteiger partial charge in [-0.3, -0.25) is 4.79 Å². The molecule has 0 bridgehead atoms. The SMILES string of the molecule is CCCC(NC(=O)c1ccccc1OCC)c1ccccc1. The van der Waals surface area contributed by atoms with Crippen molar-refractivity contribution in [3.63, 3.8) is 0 Å². The molecule has 2 rings (SSSR count). The van der Waals surface area contributed by atoms with E-state index in [1.54, 1.807) is 6.07 Å². The topological polar surface area (TPSA) is 38.3 Å². The van der Waals surface area contributed by atoms with Crippen LogP contribution in [0.5, 0.6) is 5.75 Å². The Balaban J connectivity index is 2.18. The lowest BCUT2D eigenvalue weighted by molar-refractivity contribution is 0.0930. The lowest BCUT2D eigenvalue weighted by atomic mass is 10.0. The van der Waals surface area contributed by atoms with Crippen molar-refractivity contribution >= 4 is 5.91 Å². The van der Waals surface area contributed by atoms with E-state index in [1.807, 2.05) is 43.3 Å². The molecule has 1 unspecified atom stereocenters. The summed E-state index contributed by atoms with van der Waals surface area (Å²) in [4.78, 5) is 12.6. The number of ether oxygens (including phenoxy) is 1. The van der Waals surface area contributed by atoms with Gasteiger partial charge in [-0.2, -0.15) is 0 Å². The van der Waals surface area contributed by atoms with Gasteiger partial charge in [0.25, 0.3) is 5.91 Å². The van der Waals surface area contributed by atoms with Crippen molar-refractivity contribution in [2.75, 3.05) is 6.61 Å². The third-order valence-electron chi connectivity index (χ3n) is 3.52. The maximum absolute atomic E-state index is 12.6. The number of para-hydroxylation sites is 1. The molecule has 3 heteroatoms. The first-order valence-corrected chi connectivity index (χ1v) is 7.83. The van der Waals surface area contributed by atoms with Crippen LogP contribution in [0.3, 0.4) is 0 Å². The summed E-state index contributed by atoms with van der Waals surface area (Å²) >= 11 is 0. The third-order valence-corrected chi connectivity index (χ3v) is 3.52. The molecule has 0 aromatic heterocycles. The zero-order chi connectivity index (χ0) is 15.8. The Hall–Kier alpha value is -2.29. The summed E-state index contributed by atoms with van der Waals surface area (Å²) < 4.78 is 5.54. The second kappa shape index (κ2) is 8.23. The maximum atomic E-state index is 12.6. The van der Waals surface area contributed by atoms with E-state index < -0.39 is 0 Å². The summed E-state index contributed by atoms with van der Waals surface area (Å²) in [6, 6.07) is 17.5. The predicted molar refractivity (Wildman–Crippen MR) is 89.2 cm³/mol. The van der Waals surface area contributed by atoms with Crippen LogP contribution in [-0.2, 0) is 0 Å². The van der Waals surface area contributed by atoms with Gasteiger partial charge in [0.15, 0.2) is 0 Å². The zero-order valence-electron chi connectivity index (χ0n) is 13.2. The molecule has 1 amide bonds. The molecule has 116 valence electrons. The largest absolute Gasteiger partial charge is 0.493 e. The number of nitrogens with one attached hydrogen (secondary N) is 1. The highest BCUT2D eigenvalue weighted by atomic mass is 16.5. The molecule has 1 atom stereocenters. The fourth-order valence-corrected chi connectivity index (χ4v) is 2.47. The van der Waals surface area contributed by atoms with Gasteiger partial charge < -0.3 is 10.1 Å². The third kappa shape index (κ3) is 4.10. The van der Waals surface area contributed by atoms with Gasteiger partial charge in [-0.25, -0.2) is 0 Å². The van der Waals surface area contributed by atoms with Crippen LogP contribution in [0.4, 0.5) is 0 Å². The number of amides is 1. The molecule has 3 nitrogen and oxygen atoms in total. The van der Waals surface area contributed by atoms with E-state index in [0.717, 1.165) is 18.4 Å². The first-order valence-electron chi connectivity index (χ1n) is 7.83. The van der Waals surface area contributed by atoms with Crippen LogP contribution in [-0.4, -0.2) is 12.5 Å². The minimum Gasteiger partial charge on any atom is -0.493 e. The molecule has 0 aliphatic carbocycles. The van der Waals surface area contributed by atoms with E-state index in [4.69, 9.17) is 4.74 Å². The number of hydrogen-bond acceptors (Lipinski definition) is 2. The first-order chi connectivity index (χ1) is 10.8. The van der Waals surface area contributed by atoms with Crippen molar-refractivity contribution in [2.24, 2.45) is 0 Å². The van der Waals surface area contributed by atoms with Crippen LogP contribution in [0, 0.1) is 0 Å². The molecule has 0 saturated carbocycles. The van der Waals surface area contributed by atoms with E-state index in [2.05, 4.69) is 24.4 Å². The zero-order valence-corrected chi connectivity index (χ0v) is 13.2. The fourth-order valence-electron chi connectivity index (χ4n) is 2.47. The van der Waals surface area contributed by atoms with E-state index in [9.17, 15) is 4.79 Å². The first kappa shape index (κ1) is 16.1. The normalized spacial score (nSPS) is 11.7. The molecule has 2 aromatic rings. The second-order valence-corrected chi connectivity index (χ2v) is 5.15. The highest BCUT2D eigenvalue weighted by molar-refractivity contribution is 5.97. The van der Waals surface area contributed by atoms with Gasteiger partial charge in [0.05, 0.1) is 18.2 Å². The molecule has 1 N–H and O–H groups in total.